The van der Waals surface area contributed by atoms with Crippen LogP contribution < -0.4 is 5.32 Å². The third kappa shape index (κ3) is 7.54. The molecule has 4 heteroatoms. The molecule has 3 aromatic carbocycles. The maximum Gasteiger partial charge on any atom is 0.243 e. The lowest BCUT2D eigenvalue weighted by molar-refractivity contribution is -0.140. The first-order valence-electron chi connectivity index (χ1n) is 12.5. The molecule has 4 nitrogen and oxygen atoms in total. The van der Waals surface area contributed by atoms with Crippen molar-refractivity contribution in [2.75, 3.05) is 6.54 Å². The van der Waals surface area contributed by atoms with Crippen LogP contribution in [0.1, 0.15) is 47.2 Å². The summed E-state index contributed by atoms with van der Waals surface area (Å²) in [5.41, 5.74) is 6.53. The first-order chi connectivity index (χ1) is 16.7. The van der Waals surface area contributed by atoms with Gasteiger partial charge in [0.1, 0.15) is 6.04 Å². The normalized spacial score (nSPS) is 11.8. The lowest BCUT2D eigenvalue weighted by atomic mass is 9.99. The van der Waals surface area contributed by atoms with Crippen molar-refractivity contribution in [3.8, 4) is 0 Å². The summed E-state index contributed by atoms with van der Waals surface area (Å²) in [4.78, 5) is 29.1. The third-order valence-electron chi connectivity index (χ3n) is 6.48. The van der Waals surface area contributed by atoms with E-state index in [1.165, 1.54) is 5.56 Å². The highest BCUT2D eigenvalue weighted by Crippen LogP contribution is 2.19. The summed E-state index contributed by atoms with van der Waals surface area (Å²) >= 11 is 0. The molecule has 0 spiro atoms. The van der Waals surface area contributed by atoms with Gasteiger partial charge in [0.25, 0.3) is 0 Å². The monoisotopic (exact) mass is 470 g/mol. The van der Waals surface area contributed by atoms with Crippen molar-refractivity contribution >= 4 is 11.8 Å². The molecule has 0 aliphatic rings. The summed E-state index contributed by atoms with van der Waals surface area (Å²) in [7, 11) is 0. The van der Waals surface area contributed by atoms with Gasteiger partial charge in [0.2, 0.25) is 11.8 Å². The van der Waals surface area contributed by atoms with Crippen LogP contribution in [0, 0.1) is 26.7 Å². The zero-order valence-electron chi connectivity index (χ0n) is 21.7. The van der Waals surface area contributed by atoms with Gasteiger partial charge >= 0.3 is 0 Å². The van der Waals surface area contributed by atoms with E-state index in [9.17, 15) is 9.59 Å². The smallest absolute Gasteiger partial charge is 0.243 e. The third-order valence-corrected chi connectivity index (χ3v) is 6.48. The van der Waals surface area contributed by atoms with E-state index >= 15 is 0 Å². The van der Waals surface area contributed by atoms with Gasteiger partial charge in [0.05, 0.1) is 6.42 Å². The molecule has 2 amide bonds. The molecule has 0 unspecified atom stereocenters. The SMILES string of the molecule is Cc1ccc(CC(=O)N(Cc2ccccc2C)[C@@H](Cc2ccccc2)C(=O)NCC(C)C)cc1C. The van der Waals surface area contributed by atoms with E-state index in [-0.39, 0.29) is 18.2 Å². The van der Waals surface area contributed by atoms with Crippen LogP contribution in [-0.2, 0) is 29.0 Å². The molecule has 3 rings (SSSR count). The molecule has 35 heavy (non-hydrogen) atoms. The molecule has 0 aliphatic carbocycles. The molecule has 0 heterocycles. The summed E-state index contributed by atoms with van der Waals surface area (Å²) in [6, 6.07) is 23.6. The number of hydrogen-bond donors (Lipinski definition) is 1. The van der Waals surface area contributed by atoms with E-state index in [4.69, 9.17) is 0 Å². The number of nitrogens with one attached hydrogen (secondary N) is 1. The Hall–Kier alpha value is -3.40. The first-order valence-corrected chi connectivity index (χ1v) is 12.5. The van der Waals surface area contributed by atoms with E-state index in [2.05, 4.69) is 45.1 Å². The van der Waals surface area contributed by atoms with Crippen molar-refractivity contribution in [2.45, 2.75) is 60.0 Å². The fourth-order valence-corrected chi connectivity index (χ4v) is 4.14. The first kappa shape index (κ1) is 26.2. The van der Waals surface area contributed by atoms with Gasteiger partial charge < -0.3 is 10.2 Å². The van der Waals surface area contributed by atoms with Crippen molar-refractivity contribution in [3.63, 3.8) is 0 Å². The average molecular weight is 471 g/mol. The maximum absolute atomic E-state index is 13.8. The number of carbonyl (C=O) groups excluding carboxylic acids is 2. The minimum Gasteiger partial charge on any atom is -0.354 e. The molecule has 0 aliphatic heterocycles. The van der Waals surface area contributed by atoms with Crippen LogP contribution in [0.15, 0.2) is 72.8 Å². The number of aryl methyl sites for hydroxylation is 3. The highest BCUT2D eigenvalue weighted by atomic mass is 16.2. The number of nitrogens with zero attached hydrogens (tertiary/aromatic N) is 1. The van der Waals surface area contributed by atoms with Crippen LogP contribution >= 0.6 is 0 Å². The second-order valence-electron chi connectivity index (χ2n) is 9.89. The minimum atomic E-state index is -0.602. The van der Waals surface area contributed by atoms with Gasteiger partial charge in [-0.1, -0.05) is 86.6 Å². The quantitative estimate of drug-likeness (QED) is 0.421. The van der Waals surface area contributed by atoms with Crippen molar-refractivity contribution < 1.29 is 9.59 Å². The second kappa shape index (κ2) is 12.3. The predicted octanol–water partition coefficient (Wildman–Crippen LogP) is 5.57. The zero-order chi connectivity index (χ0) is 25.4. The molecule has 0 radical (unpaired) electrons. The van der Waals surface area contributed by atoms with Crippen molar-refractivity contribution in [1.82, 2.24) is 10.2 Å². The molecule has 0 saturated heterocycles. The molecule has 0 aromatic heterocycles. The van der Waals surface area contributed by atoms with Crippen LogP contribution in [0.25, 0.3) is 0 Å². The largest absolute Gasteiger partial charge is 0.354 e. The topological polar surface area (TPSA) is 49.4 Å². The average Bonchev–Trinajstić information content (AvgIpc) is 2.83. The van der Waals surface area contributed by atoms with Crippen LogP contribution in [0.4, 0.5) is 0 Å². The summed E-state index contributed by atoms with van der Waals surface area (Å²) in [6.45, 7) is 11.3. The van der Waals surface area contributed by atoms with Gasteiger partial charge in [0, 0.05) is 19.5 Å². The lowest BCUT2D eigenvalue weighted by Crippen LogP contribution is -2.51. The van der Waals surface area contributed by atoms with Gasteiger partial charge in [-0.05, 0) is 60.1 Å². The molecule has 184 valence electrons. The van der Waals surface area contributed by atoms with Gasteiger partial charge in [-0.2, -0.15) is 0 Å². The standard InChI is InChI=1S/C31H38N2O2/c1-22(2)20-32-31(35)29(18-26-12-7-6-8-13-26)33(21-28-14-10-9-11-24(28)4)30(34)19-27-16-15-23(3)25(5)17-27/h6-17,22,29H,18-21H2,1-5H3,(H,32,35)/t29-/m0/s1. The number of benzene rings is 3. The summed E-state index contributed by atoms with van der Waals surface area (Å²) in [5.74, 6) is 0.175. The Balaban J connectivity index is 1.98. The van der Waals surface area contributed by atoms with Crippen LogP contribution in [-0.4, -0.2) is 29.3 Å². The summed E-state index contributed by atoms with van der Waals surface area (Å²) in [5, 5.41) is 3.09. The van der Waals surface area contributed by atoms with E-state index < -0.39 is 6.04 Å². The molecular formula is C31H38N2O2. The molecular weight excluding hydrogens is 432 g/mol. The van der Waals surface area contributed by atoms with E-state index in [0.29, 0.717) is 25.4 Å². The predicted molar refractivity (Wildman–Crippen MR) is 143 cm³/mol. The molecule has 1 atom stereocenters. The Morgan fingerprint density at radius 2 is 1.49 bits per heavy atom. The second-order valence-corrected chi connectivity index (χ2v) is 9.89. The van der Waals surface area contributed by atoms with E-state index in [1.807, 2.05) is 67.6 Å². The van der Waals surface area contributed by atoms with Gasteiger partial charge in [-0.25, -0.2) is 0 Å². The number of rotatable bonds is 10. The Bertz CT molecular complexity index is 1140. The molecule has 1 N–H and O–H groups in total. The van der Waals surface area contributed by atoms with E-state index in [0.717, 1.165) is 27.8 Å². The lowest BCUT2D eigenvalue weighted by Gasteiger charge is -2.32. The molecule has 3 aromatic rings. The fourth-order valence-electron chi connectivity index (χ4n) is 4.14. The minimum absolute atomic E-state index is 0.0443. The zero-order valence-corrected chi connectivity index (χ0v) is 21.7. The fraction of sp³-hybridized carbons (Fsp3) is 0.355. The van der Waals surface area contributed by atoms with Gasteiger partial charge in [-0.3, -0.25) is 9.59 Å². The van der Waals surface area contributed by atoms with Crippen LogP contribution in [0.2, 0.25) is 0 Å². The van der Waals surface area contributed by atoms with Gasteiger partial charge in [0.15, 0.2) is 0 Å². The summed E-state index contributed by atoms with van der Waals surface area (Å²) < 4.78 is 0. The number of amides is 2. The Labute approximate surface area is 210 Å². The van der Waals surface area contributed by atoms with Crippen molar-refractivity contribution in [1.29, 1.82) is 0 Å². The highest BCUT2D eigenvalue weighted by Gasteiger charge is 2.30. The van der Waals surface area contributed by atoms with Crippen LogP contribution in [0.5, 0.6) is 0 Å². The number of carbonyl (C=O) groups is 2. The van der Waals surface area contributed by atoms with Crippen molar-refractivity contribution in [2.24, 2.45) is 5.92 Å². The van der Waals surface area contributed by atoms with E-state index in [1.54, 1.807) is 4.90 Å². The maximum atomic E-state index is 13.8. The van der Waals surface area contributed by atoms with Crippen molar-refractivity contribution in [3.05, 3.63) is 106 Å². The Morgan fingerprint density at radius 3 is 2.14 bits per heavy atom. The Morgan fingerprint density at radius 1 is 0.800 bits per heavy atom. The molecule has 0 saturated carbocycles. The van der Waals surface area contributed by atoms with Gasteiger partial charge in [-0.15, -0.1) is 0 Å². The summed E-state index contributed by atoms with van der Waals surface area (Å²) in [6.07, 6.45) is 0.727. The number of hydrogen-bond acceptors (Lipinski definition) is 2. The highest BCUT2D eigenvalue weighted by molar-refractivity contribution is 5.88. The molecule has 0 fully saturated rings. The Kier molecular flexibility index (Phi) is 9.25. The molecule has 0 bridgehead atoms. The van der Waals surface area contributed by atoms with Crippen LogP contribution in [0.3, 0.4) is 0 Å².